The van der Waals surface area contributed by atoms with Crippen LogP contribution in [0.15, 0.2) is 42.0 Å². The lowest BCUT2D eigenvalue weighted by Crippen LogP contribution is -2.29. The molecule has 1 unspecified atom stereocenters. The number of nitrogens with zero attached hydrogens (tertiary/aromatic N) is 2. The molecule has 1 saturated heterocycles. The summed E-state index contributed by atoms with van der Waals surface area (Å²) < 4.78 is 15.9. The van der Waals surface area contributed by atoms with E-state index in [0.29, 0.717) is 28.3 Å². The van der Waals surface area contributed by atoms with Crippen LogP contribution < -0.4 is 14.4 Å². The van der Waals surface area contributed by atoms with Gasteiger partial charge in [0.2, 0.25) is 0 Å². The van der Waals surface area contributed by atoms with Crippen LogP contribution in [0.25, 0.3) is 5.76 Å². The molecule has 38 heavy (non-hydrogen) atoms. The molecule has 4 rings (SSSR count). The van der Waals surface area contributed by atoms with Gasteiger partial charge >= 0.3 is 11.9 Å². The maximum Gasteiger partial charge on any atom is 0.350 e. The highest BCUT2D eigenvalue weighted by Gasteiger charge is 2.48. The van der Waals surface area contributed by atoms with Crippen LogP contribution in [-0.2, 0) is 14.3 Å². The lowest BCUT2D eigenvalue weighted by Gasteiger charge is -2.24. The molecular weight excluding hydrogens is 508 g/mol. The van der Waals surface area contributed by atoms with Crippen molar-refractivity contribution >= 4 is 39.9 Å². The van der Waals surface area contributed by atoms with Gasteiger partial charge in [0.25, 0.3) is 5.78 Å². The van der Waals surface area contributed by atoms with Crippen LogP contribution in [0.4, 0.5) is 5.13 Å². The van der Waals surface area contributed by atoms with Crippen molar-refractivity contribution in [2.45, 2.75) is 33.7 Å². The zero-order valence-corrected chi connectivity index (χ0v) is 22.8. The Bertz CT molecular complexity index is 1470. The summed E-state index contributed by atoms with van der Waals surface area (Å²) in [5.74, 6) is -1.77. The minimum absolute atomic E-state index is 0.0959. The summed E-state index contributed by atoms with van der Waals surface area (Å²) >= 11 is 0.949. The van der Waals surface area contributed by atoms with Gasteiger partial charge in [-0.05, 0) is 57.0 Å². The molecule has 0 spiro atoms. The van der Waals surface area contributed by atoms with Crippen molar-refractivity contribution in [3.05, 3.63) is 74.8 Å². The summed E-state index contributed by atoms with van der Waals surface area (Å²) in [5, 5.41) is 11.6. The fraction of sp³-hybridized carbons (Fsp3) is 0.286. The Labute approximate surface area is 224 Å². The summed E-state index contributed by atoms with van der Waals surface area (Å²) in [6.45, 7) is 7.18. The predicted molar refractivity (Wildman–Crippen MR) is 143 cm³/mol. The van der Waals surface area contributed by atoms with Gasteiger partial charge in [-0.25, -0.2) is 9.78 Å². The number of ether oxygens (including phenoxy) is 3. The first-order valence-electron chi connectivity index (χ1n) is 11.9. The quantitative estimate of drug-likeness (QED) is 0.196. The van der Waals surface area contributed by atoms with E-state index in [-0.39, 0.29) is 27.9 Å². The van der Waals surface area contributed by atoms with E-state index in [1.807, 2.05) is 26.0 Å². The van der Waals surface area contributed by atoms with Crippen LogP contribution in [0.5, 0.6) is 11.5 Å². The summed E-state index contributed by atoms with van der Waals surface area (Å²) in [6.07, 6.45) is 0. The SMILES string of the molecule is CCOC(=O)c1sc(N2C(=O)C(=O)C(=C(O)c3cc(C)ccc3C)C2c2ccc(OC)c(OC)c2)nc1C. The number of aliphatic hydroxyl groups excluding tert-OH is 1. The lowest BCUT2D eigenvalue weighted by atomic mass is 9.93. The molecule has 1 amide bonds. The molecule has 3 aromatic rings. The number of Topliss-reactive ketones (excluding diaryl/α,β-unsaturated/α-hetero) is 1. The Hall–Kier alpha value is -4.18. The summed E-state index contributed by atoms with van der Waals surface area (Å²) in [5.41, 5.74) is 2.81. The number of hydrogen-bond acceptors (Lipinski definition) is 9. The maximum atomic E-state index is 13.5. The Kier molecular flexibility index (Phi) is 7.54. The van der Waals surface area contributed by atoms with Crippen LogP contribution in [0.2, 0.25) is 0 Å². The molecule has 2 aromatic carbocycles. The largest absolute Gasteiger partial charge is 0.507 e. The first kappa shape index (κ1) is 26.9. The second-order valence-electron chi connectivity index (χ2n) is 8.73. The molecular formula is C28H28N2O7S. The monoisotopic (exact) mass is 536 g/mol. The highest BCUT2D eigenvalue weighted by atomic mass is 32.1. The Morgan fingerprint density at radius 2 is 1.76 bits per heavy atom. The zero-order chi connectivity index (χ0) is 27.7. The maximum absolute atomic E-state index is 13.5. The average Bonchev–Trinajstić information content (AvgIpc) is 3.41. The second kappa shape index (κ2) is 10.7. The summed E-state index contributed by atoms with van der Waals surface area (Å²) in [4.78, 5) is 45.4. The number of aromatic nitrogens is 1. The molecule has 0 radical (unpaired) electrons. The van der Waals surface area contributed by atoms with Gasteiger partial charge in [0, 0.05) is 5.56 Å². The minimum Gasteiger partial charge on any atom is -0.507 e. The number of amides is 1. The highest BCUT2D eigenvalue weighted by Crippen LogP contribution is 2.45. The summed E-state index contributed by atoms with van der Waals surface area (Å²) in [6, 6.07) is 9.43. The van der Waals surface area contributed by atoms with Crippen molar-refractivity contribution in [3.63, 3.8) is 0 Å². The second-order valence-corrected chi connectivity index (χ2v) is 9.71. The number of ketones is 1. The molecule has 9 nitrogen and oxygen atoms in total. The molecule has 2 heterocycles. The van der Waals surface area contributed by atoms with Crippen LogP contribution in [0.3, 0.4) is 0 Å². The standard InChI is InChI=1S/C28H28N2O7S/c1-7-37-27(34)25-16(4)29-28(38-25)30-22(17-10-11-19(35-5)20(13-17)36-6)21(24(32)26(30)33)23(31)18-12-14(2)8-9-15(18)3/h8-13,22,31H,7H2,1-6H3. The van der Waals surface area contributed by atoms with E-state index >= 15 is 0 Å². The van der Waals surface area contributed by atoms with Crippen molar-refractivity contribution in [3.8, 4) is 11.5 Å². The first-order valence-corrected chi connectivity index (χ1v) is 12.7. The number of aliphatic hydroxyl groups is 1. The Balaban J connectivity index is 1.98. The van der Waals surface area contributed by atoms with Gasteiger partial charge in [-0.2, -0.15) is 0 Å². The topological polar surface area (TPSA) is 115 Å². The Morgan fingerprint density at radius 3 is 2.42 bits per heavy atom. The number of anilines is 1. The molecule has 0 saturated carbocycles. The Morgan fingerprint density at radius 1 is 1.05 bits per heavy atom. The molecule has 1 fully saturated rings. The average molecular weight is 537 g/mol. The van der Waals surface area contributed by atoms with E-state index in [2.05, 4.69) is 4.98 Å². The fourth-order valence-electron chi connectivity index (χ4n) is 4.38. The third-order valence-electron chi connectivity index (χ3n) is 6.27. The molecule has 1 aliphatic rings. The number of carbonyl (C=O) groups is 3. The van der Waals surface area contributed by atoms with E-state index < -0.39 is 23.7 Å². The number of benzene rings is 2. The van der Waals surface area contributed by atoms with Crippen LogP contribution >= 0.6 is 11.3 Å². The van der Waals surface area contributed by atoms with Gasteiger partial charge in [-0.15, -0.1) is 0 Å². The zero-order valence-electron chi connectivity index (χ0n) is 21.9. The van der Waals surface area contributed by atoms with E-state index in [1.165, 1.54) is 19.1 Å². The highest BCUT2D eigenvalue weighted by molar-refractivity contribution is 7.17. The number of hydrogen-bond donors (Lipinski definition) is 1. The van der Waals surface area contributed by atoms with Gasteiger partial charge in [0.1, 0.15) is 10.6 Å². The number of aryl methyl sites for hydroxylation is 3. The van der Waals surface area contributed by atoms with Gasteiger partial charge in [-0.3, -0.25) is 14.5 Å². The van der Waals surface area contributed by atoms with Crippen molar-refractivity contribution in [1.29, 1.82) is 0 Å². The number of rotatable bonds is 7. The van der Waals surface area contributed by atoms with E-state index in [9.17, 15) is 19.5 Å². The molecule has 1 N–H and O–H groups in total. The third kappa shape index (κ3) is 4.63. The third-order valence-corrected chi connectivity index (χ3v) is 7.40. The molecule has 1 aliphatic heterocycles. The lowest BCUT2D eigenvalue weighted by molar-refractivity contribution is -0.132. The van der Waals surface area contributed by atoms with Crippen LogP contribution in [0.1, 0.15) is 50.6 Å². The minimum atomic E-state index is -1.05. The predicted octanol–water partition coefficient (Wildman–Crippen LogP) is 4.89. The van der Waals surface area contributed by atoms with E-state index in [4.69, 9.17) is 14.2 Å². The van der Waals surface area contributed by atoms with E-state index in [1.54, 1.807) is 38.1 Å². The smallest absolute Gasteiger partial charge is 0.350 e. The van der Waals surface area contributed by atoms with E-state index in [0.717, 1.165) is 22.5 Å². The molecule has 1 atom stereocenters. The number of esters is 1. The molecule has 10 heteroatoms. The molecule has 198 valence electrons. The van der Waals surface area contributed by atoms with Crippen molar-refractivity contribution in [1.82, 2.24) is 4.98 Å². The van der Waals surface area contributed by atoms with Gasteiger partial charge < -0.3 is 19.3 Å². The molecule has 0 bridgehead atoms. The van der Waals surface area contributed by atoms with Crippen molar-refractivity contribution in [2.24, 2.45) is 0 Å². The number of methoxy groups -OCH3 is 2. The molecule has 0 aliphatic carbocycles. The summed E-state index contributed by atoms with van der Waals surface area (Å²) in [7, 11) is 2.98. The van der Waals surface area contributed by atoms with Gasteiger partial charge in [0.15, 0.2) is 16.6 Å². The van der Waals surface area contributed by atoms with Crippen molar-refractivity contribution < 1.29 is 33.7 Å². The van der Waals surface area contributed by atoms with Crippen molar-refractivity contribution in [2.75, 3.05) is 25.7 Å². The fourth-order valence-corrected chi connectivity index (χ4v) is 5.36. The molecule has 1 aromatic heterocycles. The van der Waals surface area contributed by atoms with Crippen LogP contribution in [-0.4, -0.2) is 48.6 Å². The number of carbonyl (C=O) groups excluding carboxylic acids is 3. The van der Waals surface area contributed by atoms with Gasteiger partial charge in [0.05, 0.1) is 38.1 Å². The normalized spacial score (nSPS) is 16.6. The first-order chi connectivity index (χ1) is 18.1. The van der Waals surface area contributed by atoms with Gasteiger partial charge in [-0.1, -0.05) is 35.1 Å². The number of thiazole rings is 1. The van der Waals surface area contributed by atoms with Crippen LogP contribution in [0, 0.1) is 20.8 Å².